The maximum Gasteiger partial charge on any atom is 0.416 e. The van der Waals surface area contributed by atoms with Crippen molar-refractivity contribution < 1.29 is 22.5 Å². The van der Waals surface area contributed by atoms with Gasteiger partial charge < -0.3 is 0 Å². The molecular formula is C28H29F3NO2S+. The first-order valence-corrected chi connectivity index (χ1v) is 13.4. The predicted octanol–water partition coefficient (Wildman–Crippen LogP) is 8.06. The van der Waals surface area contributed by atoms with Gasteiger partial charge in [0.2, 0.25) is 0 Å². The Balaban J connectivity index is 1.74. The molecule has 1 aromatic carbocycles. The van der Waals surface area contributed by atoms with Crippen LogP contribution in [0.2, 0.25) is 0 Å². The number of aromatic nitrogens is 1. The lowest BCUT2D eigenvalue weighted by atomic mass is 9.73. The average molecular weight is 501 g/mol. The minimum absolute atomic E-state index is 0.102. The summed E-state index contributed by atoms with van der Waals surface area (Å²) in [5.41, 5.74) is 4.51. The topological polar surface area (TPSA) is 50.2 Å². The van der Waals surface area contributed by atoms with E-state index in [-0.39, 0.29) is 22.7 Å². The zero-order valence-corrected chi connectivity index (χ0v) is 20.7. The van der Waals surface area contributed by atoms with Crippen molar-refractivity contribution in [2.75, 3.05) is 0 Å². The second kappa shape index (κ2) is 8.86. The van der Waals surface area contributed by atoms with Gasteiger partial charge in [-0.25, -0.2) is 0 Å². The molecule has 0 amide bonds. The lowest BCUT2D eigenvalue weighted by molar-refractivity contribution is -0.137. The third-order valence-corrected chi connectivity index (χ3v) is 8.39. The SMILES string of the molecule is CC1(C)CCc2c(nc(C3CCCC3)c(C(=O)c3ccc(C(F)(F)F)cc3)c2-c2cc[s+](O)c2)C1. The fourth-order valence-corrected chi connectivity index (χ4v) is 6.43. The van der Waals surface area contributed by atoms with E-state index in [4.69, 9.17) is 4.98 Å². The predicted molar refractivity (Wildman–Crippen MR) is 131 cm³/mol. The summed E-state index contributed by atoms with van der Waals surface area (Å²) in [6.07, 6.45) is 2.11. The van der Waals surface area contributed by atoms with Crippen LogP contribution < -0.4 is 0 Å². The Morgan fingerprint density at radius 1 is 1.11 bits per heavy atom. The van der Waals surface area contributed by atoms with Gasteiger partial charge in [0, 0.05) is 34.4 Å². The van der Waals surface area contributed by atoms with E-state index in [1.807, 2.05) is 6.07 Å². The number of thiophene rings is 1. The largest absolute Gasteiger partial charge is 0.416 e. The van der Waals surface area contributed by atoms with E-state index >= 15 is 0 Å². The van der Waals surface area contributed by atoms with Crippen molar-refractivity contribution in [3.05, 3.63) is 74.7 Å². The van der Waals surface area contributed by atoms with E-state index in [1.165, 1.54) is 12.1 Å². The molecule has 0 aliphatic heterocycles. The molecule has 2 heterocycles. The number of alkyl halides is 3. The van der Waals surface area contributed by atoms with Crippen molar-refractivity contribution in [3.8, 4) is 11.1 Å². The van der Waals surface area contributed by atoms with Crippen LogP contribution in [0.3, 0.4) is 0 Å². The molecule has 7 heteroatoms. The van der Waals surface area contributed by atoms with Gasteiger partial charge in [0.25, 0.3) is 0 Å². The number of pyridine rings is 1. The fourth-order valence-electron chi connectivity index (χ4n) is 5.60. The minimum atomic E-state index is -4.46. The number of fused-ring (bicyclic) bond motifs is 1. The van der Waals surface area contributed by atoms with E-state index in [9.17, 15) is 22.5 Å². The van der Waals surface area contributed by atoms with Gasteiger partial charge in [-0.15, -0.1) is 0 Å². The zero-order valence-electron chi connectivity index (χ0n) is 19.9. The van der Waals surface area contributed by atoms with Gasteiger partial charge in [-0.3, -0.25) is 9.78 Å². The summed E-state index contributed by atoms with van der Waals surface area (Å²) in [6.45, 7) is 4.46. The molecule has 0 radical (unpaired) electrons. The van der Waals surface area contributed by atoms with Crippen molar-refractivity contribution in [2.45, 2.75) is 70.9 Å². The Morgan fingerprint density at radius 2 is 1.80 bits per heavy atom. The number of halogens is 3. The van der Waals surface area contributed by atoms with E-state index < -0.39 is 22.5 Å². The van der Waals surface area contributed by atoms with Crippen molar-refractivity contribution in [2.24, 2.45) is 5.41 Å². The summed E-state index contributed by atoms with van der Waals surface area (Å²) in [4.78, 5) is 19.2. The highest BCUT2D eigenvalue weighted by Crippen LogP contribution is 2.46. The molecule has 0 saturated heterocycles. The van der Waals surface area contributed by atoms with Crippen LogP contribution in [0.4, 0.5) is 13.2 Å². The molecule has 0 bridgehead atoms. The van der Waals surface area contributed by atoms with Gasteiger partial charge in [-0.2, -0.15) is 17.7 Å². The molecule has 1 fully saturated rings. The quantitative estimate of drug-likeness (QED) is 0.291. The van der Waals surface area contributed by atoms with E-state index in [2.05, 4.69) is 13.8 Å². The van der Waals surface area contributed by atoms with Gasteiger partial charge >= 0.3 is 6.18 Å². The summed E-state index contributed by atoms with van der Waals surface area (Å²) >= 11 is 0. The molecule has 184 valence electrons. The molecule has 2 aliphatic rings. The van der Waals surface area contributed by atoms with E-state index in [1.54, 1.807) is 10.8 Å². The molecular weight excluding hydrogens is 471 g/mol. The Kier molecular flexibility index (Phi) is 6.12. The van der Waals surface area contributed by atoms with Crippen LogP contribution >= 0.6 is 10.8 Å². The second-order valence-electron chi connectivity index (χ2n) is 10.6. The second-order valence-corrected chi connectivity index (χ2v) is 11.8. The first kappa shape index (κ1) is 24.2. The molecule has 35 heavy (non-hydrogen) atoms. The van der Waals surface area contributed by atoms with Crippen LogP contribution in [0, 0.1) is 5.41 Å². The zero-order chi connectivity index (χ0) is 25.0. The third-order valence-electron chi connectivity index (χ3n) is 7.48. The molecule has 3 nitrogen and oxygen atoms in total. The molecule has 1 atom stereocenters. The maximum atomic E-state index is 14.0. The van der Waals surface area contributed by atoms with Gasteiger partial charge in [-0.05, 0) is 55.2 Å². The highest BCUT2D eigenvalue weighted by atomic mass is 32.2. The van der Waals surface area contributed by atoms with Gasteiger partial charge in [0.15, 0.2) is 16.5 Å². The summed E-state index contributed by atoms with van der Waals surface area (Å²) in [6, 6.07) is 6.34. The average Bonchev–Trinajstić information content (AvgIpc) is 3.48. The number of hydrogen-bond donors (Lipinski definition) is 1. The summed E-state index contributed by atoms with van der Waals surface area (Å²) in [7, 11) is -1.01. The van der Waals surface area contributed by atoms with Crippen LogP contribution in [0.15, 0.2) is 41.1 Å². The van der Waals surface area contributed by atoms with E-state index in [0.29, 0.717) is 5.56 Å². The van der Waals surface area contributed by atoms with Gasteiger partial charge in [0.1, 0.15) is 10.8 Å². The lowest BCUT2D eigenvalue weighted by Gasteiger charge is -2.33. The molecule has 1 unspecified atom stereocenters. The minimum Gasteiger partial charge on any atom is -0.289 e. The molecule has 5 rings (SSSR count). The number of rotatable bonds is 4. The van der Waals surface area contributed by atoms with Crippen molar-refractivity contribution in [3.63, 3.8) is 0 Å². The van der Waals surface area contributed by atoms with Gasteiger partial charge in [-0.1, -0.05) is 38.8 Å². The van der Waals surface area contributed by atoms with Crippen LogP contribution in [-0.2, 0) is 19.0 Å². The number of carbonyl (C=O) groups is 1. The van der Waals surface area contributed by atoms with Crippen molar-refractivity contribution in [1.29, 1.82) is 0 Å². The van der Waals surface area contributed by atoms with E-state index in [0.717, 1.165) is 85.2 Å². The molecule has 0 spiro atoms. The van der Waals surface area contributed by atoms with Crippen molar-refractivity contribution in [1.82, 2.24) is 4.98 Å². The summed E-state index contributed by atoms with van der Waals surface area (Å²) < 4.78 is 49.6. The standard InChI is InChI=1S/C28H29F3NO2S/c1-27(2)13-11-21-22(15-27)32-25(17-5-3-4-6-17)24(23(21)19-12-14-35(34)16-19)26(33)18-7-9-20(10-8-18)28(29,30)31/h7-10,12,14,16-17,34H,3-6,11,13,15H2,1-2H3/q+1. The fraction of sp³-hybridized carbons (Fsp3) is 0.429. The highest BCUT2D eigenvalue weighted by Gasteiger charge is 2.36. The maximum absolute atomic E-state index is 14.0. The number of carbonyl (C=O) groups excluding carboxylic acids is 1. The van der Waals surface area contributed by atoms with Crippen LogP contribution in [0.5, 0.6) is 0 Å². The number of ketones is 1. The molecule has 2 aromatic heterocycles. The highest BCUT2D eigenvalue weighted by molar-refractivity contribution is 7.22. The van der Waals surface area contributed by atoms with Crippen LogP contribution in [0.25, 0.3) is 11.1 Å². The number of nitrogens with zero attached hydrogens (tertiary/aromatic N) is 1. The summed E-state index contributed by atoms with van der Waals surface area (Å²) in [5.74, 6) is -0.148. The van der Waals surface area contributed by atoms with Crippen LogP contribution in [-0.4, -0.2) is 15.3 Å². The Bertz CT molecular complexity index is 1270. The third kappa shape index (κ3) is 4.68. The van der Waals surface area contributed by atoms with Gasteiger partial charge in [0.05, 0.1) is 16.8 Å². The lowest BCUT2D eigenvalue weighted by Crippen LogP contribution is -2.26. The number of hydrogen-bond acceptors (Lipinski definition) is 3. The molecule has 3 aromatic rings. The summed E-state index contributed by atoms with van der Waals surface area (Å²) in [5, 5.41) is 3.49. The Labute approximate surface area is 206 Å². The van der Waals surface area contributed by atoms with Crippen LogP contribution in [0.1, 0.15) is 90.3 Å². The first-order chi connectivity index (χ1) is 16.5. The molecule has 1 saturated carbocycles. The Morgan fingerprint density at radius 3 is 2.40 bits per heavy atom. The first-order valence-electron chi connectivity index (χ1n) is 12.1. The van der Waals surface area contributed by atoms with Crippen molar-refractivity contribution >= 4 is 16.5 Å². The monoisotopic (exact) mass is 500 g/mol. The molecule has 1 N–H and O–H groups in total. The Hall–Kier alpha value is -2.51. The molecule has 2 aliphatic carbocycles. The smallest absolute Gasteiger partial charge is 0.289 e. The normalized spacial score (nSPS) is 18.5. The number of benzene rings is 1.